The van der Waals surface area contributed by atoms with Crippen LogP contribution in [-0.4, -0.2) is 28.5 Å². The van der Waals surface area contributed by atoms with Gasteiger partial charge in [-0.25, -0.2) is 14.7 Å². The van der Waals surface area contributed by atoms with Gasteiger partial charge in [-0.1, -0.05) is 42.1 Å². The lowest BCUT2D eigenvalue weighted by Crippen LogP contribution is -2.18. The van der Waals surface area contributed by atoms with E-state index in [1.165, 1.54) is 17.8 Å². The first-order valence-electron chi connectivity index (χ1n) is 8.89. The van der Waals surface area contributed by atoms with Gasteiger partial charge in [0.25, 0.3) is 0 Å². The van der Waals surface area contributed by atoms with Crippen LogP contribution < -0.4 is 11.3 Å². The molecule has 2 heterocycles. The Morgan fingerprint density at radius 2 is 2.07 bits per heavy atom. The largest absolute Gasteiger partial charge is 0.423 e. The van der Waals surface area contributed by atoms with Crippen molar-refractivity contribution in [2.45, 2.75) is 23.9 Å². The summed E-state index contributed by atoms with van der Waals surface area (Å²) in [5, 5.41) is 10.2. The summed E-state index contributed by atoms with van der Waals surface area (Å²) in [7, 11) is 1.63. The van der Waals surface area contributed by atoms with Gasteiger partial charge in [-0.05, 0) is 28.8 Å². The Hall–Kier alpha value is -2.84. The van der Waals surface area contributed by atoms with Crippen LogP contribution in [0.3, 0.4) is 0 Å². The monoisotopic (exact) mass is 397 g/mol. The van der Waals surface area contributed by atoms with Crippen molar-refractivity contribution in [2.24, 2.45) is 0 Å². The number of benzene rings is 2. The molecule has 0 aliphatic rings. The van der Waals surface area contributed by atoms with E-state index in [0.29, 0.717) is 36.1 Å². The Balaban J connectivity index is 1.70. The van der Waals surface area contributed by atoms with Crippen molar-refractivity contribution in [3.05, 3.63) is 68.9 Å². The quantitative estimate of drug-likeness (QED) is 0.223. The molecule has 0 amide bonds. The van der Waals surface area contributed by atoms with Crippen LogP contribution in [0.4, 0.5) is 0 Å². The van der Waals surface area contributed by atoms with Crippen molar-refractivity contribution in [1.29, 1.82) is 0 Å². The molecule has 2 aromatic heterocycles. The number of aromatic nitrogens is 3. The summed E-state index contributed by atoms with van der Waals surface area (Å²) in [6.07, 6.45) is 0.714. The summed E-state index contributed by atoms with van der Waals surface area (Å²) in [5.74, 6) is 0.491. The number of nitrogens with zero attached hydrogens (tertiary/aromatic N) is 2. The van der Waals surface area contributed by atoms with E-state index in [1.807, 2.05) is 36.4 Å². The summed E-state index contributed by atoms with van der Waals surface area (Å²) in [5.41, 5.74) is 0.771. The molecule has 0 atom stereocenters. The predicted octanol–water partition coefficient (Wildman–Crippen LogP) is 3.16. The fourth-order valence-electron chi connectivity index (χ4n) is 3.25. The maximum absolute atomic E-state index is 12.0. The SMILES string of the molecule is COCCCn1c(SCc2cc(=O)oc3ccc4ccccc4c23)n[nH]c1=O. The number of thioether (sulfide) groups is 1. The number of hydrogen-bond donors (Lipinski definition) is 1. The molecule has 2 aromatic carbocycles. The predicted molar refractivity (Wildman–Crippen MR) is 109 cm³/mol. The molecule has 4 aromatic rings. The number of nitrogens with one attached hydrogen (secondary N) is 1. The summed E-state index contributed by atoms with van der Waals surface area (Å²) in [4.78, 5) is 24.0. The van der Waals surface area contributed by atoms with Crippen LogP contribution in [0, 0.1) is 0 Å². The Morgan fingerprint density at radius 3 is 2.93 bits per heavy atom. The lowest BCUT2D eigenvalue weighted by molar-refractivity contribution is 0.189. The third-order valence-electron chi connectivity index (χ3n) is 4.52. The highest BCUT2D eigenvalue weighted by molar-refractivity contribution is 7.98. The number of ether oxygens (including phenoxy) is 1. The van der Waals surface area contributed by atoms with Crippen LogP contribution in [0.15, 0.2) is 61.6 Å². The minimum absolute atomic E-state index is 0.249. The van der Waals surface area contributed by atoms with Crippen LogP contribution in [0.1, 0.15) is 12.0 Å². The normalized spacial score (nSPS) is 11.5. The first-order valence-corrected chi connectivity index (χ1v) is 9.87. The molecule has 0 saturated heterocycles. The zero-order valence-corrected chi connectivity index (χ0v) is 16.1. The number of fused-ring (bicyclic) bond motifs is 3. The zero-order valence-electron chi connectivity index (χ0n) is 15.3. The Bertz CT molecular complexity index is 1240. The molecule has 0 aliphatic heterocycles. The van der Waals surface area contributed by atoms with Crippen molar-refractivity contribution in [1.82, 2.24) is 14.8 Å². The van der Waals surface area contributed by atoms with Crippen LogP contribution in [0.25, 0.3) is 21.7 Å². The van der Waals surface area contributed by atoms with E-state index in [-0.39, 0.29) is 5.69 Å². The Labute approximate surface area is 164 Å². The average molecular weight is 397 g/mol. The Morgan fingerprint density at radius 1 is 1.21 bits per heavy atom. The van der Waals surface area contributed by atoms with E-state index < -0.39 is 5.63 Å². The minimum atomic E-state index is -0.391. The molecule has 1 N–H and O–H groups in total. The van der Waals surface area contributed by atoms with Crippen LogP contribution >= 0.6 is 11.8 Å². The minimum Gasteiger partial charge on any atom is -0.423 e. The summed E-state index contributed by atoms with van der Waals surface area (Å²) < 4.78 is 12.0. The third-order valence-corrected chi connectivity index (χ3v) is 5.55. The number of H-pyrrole nitrogens is 1. The molecule has 4 rings (SSSR count). The zero-order chi connectivity index (χ0) is 19.5. The third kappa shape index (κ3) is 3.61. The van der Waals surface area contributed by atoms with Gasteiger partial charge in [0.05, 0.1) is 0 Å². The molecule has 0 saturated carbocycles. The van der Waals surface area contributed by atoms with Gasteiger partial charge in [-0.3, -0.25) is 4.57 Å². The maximum Gasteiger partial charge on any atom is 0.343 e. The number of methoxy groups -OCH3 is 1. The second-order valence-electron chi connectivity index (χ2n) is 6.35. The van der Waals surface area contributed by atoms with Gasteiger partial charge in [0.1, 0.15) is 5.58 Å². The average Bonchev–Trinajstić information content (AvgIpc) is 3.05. The van der Waals surface area contributed by atoms with Crippen molar-refractivity contribution in [3.8, 4) is 0 Å². The molecule has 28 heavy (non-hydrogen) atoms. The van der Waals surface area contributed by atoms with E-state index in [2.05, 4.69) is 10.2 Å². The number of hydrogen-bond acceptors (Lipinski definition) is 6. The van der Waals surface area contributed by atoms with Crippen molar-refractivity contribution in [2.75, 3.05) is 13.7 Å². The fourth-order valence-corrected chi connectivity index (χ4v) is 4.21. The highest BCUT2D eigenvalue weighted by Crippen LogP contribution is 2.30. The van der Waals surface area contributed by atoms with Gasteiger partial charge < -0.3 is 9.15 Å². The first kappa shape index (κ1) is 18.5. The highest BCUT2D eigenvalue weighted by Gasteiger charge is 2.13. The fraction of sp³-hybridized carbons (Fsp3) is 0.250. The molecule has 0 unspecified atom stereocenters. The molecule has 144 valence electrons. The van der Waals surface area contributed by atoms with Crippen LogP contribution in [-0.2, 0) is 17.0 Å². The molecular weight excluding hydrogens is 378 g/mol. The van der Waals surface area contributed by atoms with Crippen molar-refractivity contribution >= 4 is 33.5 Å². The van der Waals surface area contributed by atoms with Crippen molar-refractivity contribution in [3.63, 3.8) is 0 Å². The lowest BCUT2D eigenvalue weighted by atomic mass is 10.0. The van der Waals surface area contributed by atoms with E-state index in [4.69, 9.17) is 9.15 Å². The number of aromatic amines is 1. The molecule has 0 aliphatic carbocycles. The standard InChI is InChI=1S/C20H19N3O4S/c1-26-10-4-9-23-19(25)21-22-20(23)28-12-14-11-17(24)27-16-8-7-13-5-2-3-6-15(13)18(14)16/h2-3,5-8,11H,4,9-10,12H2,1H3,(H,21,25). The van der Waals surface area contributed by atoms with E-state index >= 15 is 0 Å². The van der Waals surface area contributed by atoms with Gasteiger partial charge in [-0.2, -0.15) is 0 Å². The molecule has 0 radical (unpaired) electrons. The second-order valence-corrected chi connectivity index (χ2v) is 7.29. The van der Waals surface area contributed by atoms with Gasteiger partial charge in [0.15, 0.2) is 5.16 Å². The van der Waals surface area contributed by atoms with Gasteiger partial charge >= 0.3 is 11.3 Å². The van der Waals surface area contributed by atoms with Crippen molar-refractivity contribution < 1.29 is 9.15 Å². The maximum atomic E-state index is 12.0. The summed E-state index contributed by atoms with van der Waals surface area (Å²) >= 11 is 1.41. The van der Waals surface area contributed by atoms with Gasteiger partial charge in [-0.15, -0.1) is 5.10 Å². The smallest absolute Gasteiger partial charge is 0.343 e. The molecule has 8 heteroatoms. The number of rotatable bonds is 7. The molecule has 0 bridgehead atoms. The van der Waals surface area contributed by atoms with Gasteiger partial charge in [0, 0.05) is 37.5 Å². The molecule has 0 spiro atoms. The Kier molecular flexibility index (Phi) is 5.31. The van der Waals surface area contributed by atoms with Crippen LogP contribution in [0.5, 0.6) is 0 Å². The molecule has 7 nitrogen and oxygen atoms in total. The van der Waals surface area contributed by atoms with E-state index in [9.17, 15) is 9.59 Å². The van der Waals surface area contributed by atoms with E-state index in [1.54, 1.807) is 11.7 Å². The summed E-state index contributed by atoms with van der Waals surface area (Å²) in [6, 6.07) is 13.3. The van der Waals surface area contributed by atoms with Gasteiger partial charge in [0.2, 0.25) is 0 Å². The van der Waals surface area contributed by atoms with E-state index in [0.717, 1.165) is 21.7 Å². The topological polar surface area (TPSA) is 90.1 Å². The van der Waals surface area contributed by atoms with Crippen LogP contribution in [0.2, 0.25) is 0 Å². The lowest BCUT2D eigenvalue weighted by Gasteiger charge is -2.09. The first-order chi connectivity index (χ1) is 13.7. The second kappa shape index (κ2) is 8.04. The molecular formula is C20H19N3O4S. The summed E-state index contributed by atoms with van der Waals surface area (Å²) in [6.45, 7) is 1.09. The molecule has 0 fully saturated rings. The highest BCUT2D eigenvalue weighted by atomic mass is 32.2.